The van der Waals surface area contributed by atoms with E-state index in [9.17, 15) is 37.1 Å². The molecule has 1 fully saturated rings. The number of benzene rings is 2. The van der Waals surface area contributed by atoms with Gasteiger partial charge in [0.25, 0.3) is 5.91 Å². The fourth-order valence-corrected chi connectivity index (χ4v) is 5.94. The number of hydrogen-bond acceptors (Lipinski definition) is 6. The lowest BCUT2D eigenvalue weighted by Crippen LogP contribution is -2.61. The molecule has 1 saturated heterocycles. The molecule has 214 valence electrons. The predicted molar refractivity (Wildman–Crippen MR) is 133 cm³/mol. The summed E-state index contributed by atoms with van der Waals surface area (Å²) in [6, 6.07) is 8.61. The summed E-state index contributed by atoms with van der Waals surface area (Å²) in [5.74, 6) is -2.84. The van der Waals surface area contributed by atoms with Crippen LogP contribution in [0.3, 0.4) is 0 Å². The number of nitrogens with zero attached hydrogens (tertiary/aromatic N) is 4. The van der Waals surface area contributed by atoms with Crippen molar-refractivity contribution in [2.45, 2.75) is 49.7 Å². The molecule has 3 heterocycles. The number of aromatic nitrogens is 2. The van der Waals surface area contributed by atoms with E-state index in [1.54, 1.807) is 30.1 Å². The van der Waals surface area contributed by atoms with Crippen LogP contribution in [0, 0.1) is 5.82 Å². The van der Waals surface area contributed by atoms with Crippen molar-refractivity contribution in [2.75, 3.05) is 6.54 Å². The maximum Gasteiger partial charge on any atom is 0.436 e. The highest BCUT2D eigenvalue weighted by molar-refractivity contribution is 6.06. The van der Waals surface area contributed by atoms with Crippen molar-refractivity contribution >= 4 is 17.9 Å². The molecule has 1 aliphatic carbocycles. The molecular formula is C28H24F4N4O5. The van der Waals surface area contributed by atoms with Gasteiger partial charge in [-0.15, -0.1) is 0 Å². The molecule has 1 spiro atoms. The average Bonchev–Trinajstić information content (AvgIpc) is 3.54. The van der Waals surface area contributed by atoms with Crippen LogP contribution < -0.4 is 0 Å². The Morgan fingerprint density at radius 2 is 1.80 bits per heavy atom. The Labute approximate surface area is 230 Å². The zero-order valence-corrected chi connectivity index (χ0v) is 21.7. The van der Waals surface area contributed by atoms with E-state index < -0.39 is 60.7 Å². The number of amides is 3. The quantitative estimate of drug-likeness (QED) is 0.482. The maximum atomic E-state index is 14.2. The molecule has 0 radical (unpaired) electrons. The summed E-state index contributed by atoms with van der Waals surface area (Å²) < 4.78 is 63.4. The van der Waals surface area contributed by atoms with Crippen LogP contribution >= 0.6 is 0 Å². The Bertz CT molecular complexity index is 1600. The number of alkyl halides is 3. The fraction of sp³-hybridized carbons (Fsp3) is 0.357. The van der Waals surface area contributed by atoms with Gasteiger partial charge in [0, 0.05) is 43.8 Å². The lowest BCUT2D eigenvalue weighted by atomic mass is 9.93. The van der Waals surface area contributed by atoms with Crippen molar-refractivity contribution in [3.8, 4) is 11.1 Å². The van der Waals surface area contributed by atoms with Gasteiger partial charge in [-0.25, -0.2) is 14.1 Å². The molecule has 41 heavy (non-hydrogen) atoms. The SMILES string of the molecule is Cn1cc(-c2ccc3c(c2)CCC32OC(=O)N(CC(=O)N3Cc4ccc(F)cc4CCC3(O)C(F)(F)F)C2=O)cn1. The van der Waals surface area contributed by atoms with E-state index in [1.807, 2.05) is 12.3 Å². The van der Waals surface area contributed by atoms with Gasteiger partial charge >= 0.3 is 12.3 Å². The van der Waals surface area contributed by atoms with Gasteiger partial charge in [0.2, 0.25) is 17.2 Å². The largest absolute Gasteiger partial charge is 0.436 e. The number of imide groups is 1. The Balaban J connectivity index is 1.28. The second kappa shape index (κ2) is 9.13. The van der Waals surface area contributed by atoms with E-state index in [-0.39, 0.29) is 28.9 Å². The zero-order chi connectivity index (χ0) is 29.3. The van der Waals surface area contributed by atoms with E-state index in [2.05, 4.69) is 5.10 Å². The van der Waals surface area contributed by atoms with Crippen LogP contribution in [-0.2, 0) is 46.4 Å². The fourth-order valence-electron chi connectivity index (χ4n) is 5.94. The molecule has 0 saturated carbocycles. The second-order valence-electron chi connectivity index (χ2n) is 10.6. The summed E-state index contributed by atoms with van der Waals surface area (Å²) >= 11 is 0. The molecular weight excluding hydrogens is 548 g/mol. The molecule has 9 nitrogen and oxygen atoms in total. The normalized spacial score (nSPS) is 24.0. The number of fused-ring (bicyclic) bond motifs is 3. The van der Waals surface area contributed by atoms with Crippen LogP contribution in [-0.4, -0.2) is 61.0 Å². The molecule has 13 heteroatoms. The topological polar surface area (TPSA) is 105 Å². The Morgan fingerprint density at radius 3 is 2.51 bits per heavy atom. The lowest BCUT2D eigenvalue weighted by molar-refractivity contribution is -0.313. The van der Waals surface area contributed by atoms with Crippen molar-refractivity contribution in [3.63, 3.8) is 0 Å². The molecule has 1 N–H and O–H groups in total. The molecule has 2 aromatic carbocycles. The third kappa shape index (κ3) is 4.17. The third-order valence-corrected chi connectivity index (χ3v) is 8.13. The van der Waals surface area contributed by atoms with E-state index in [0.29, 0.717) is 16.9 Å². The van der Waals surface area contributed by atoms with Gasteiger partial charge in [-0.2, -0.15) is 18.3 Å². The monoisotopic (exact) mass is 572 g/mol. The van der Waals surface area contributed by atoms with Gasteiger partial charge in [-0.3, -0.25) is 14.3 Å². The van der Waals surface area contributed by atoms with Crippen molar-refractivity contribution < 1.29 is 41.8 Å². The van der Waals surface area contributed by atoms with E-state index in [4.69, 9.17) is 4.74 Å². The zero-order valence-electron chi connectivity index (χ0n) is 21.7. The van der Waals surface area contributed by atoms with Crippen molar-refractivity contribution in [1.29, 1.82) is 0 Å². The van der Waals surface area contributed by atoms with Gasteiger partial charge in [-0.05, 0) is 47.2 Å². The van der Waals surface area contributed by atoms with Crippen molar-refractivity contribution in [1.82, 2.24) is 19.6 Å². The standard InChI is InChI=1S/C28H24F4N4O5/c1-34-13-20(12-33-34)16-3-5-22-18(10-16)6-8-26(22)24(38)35(25(39)41-26)15-23(37)36-14-19-2-4-21(29)11-17(19)7-9-27(36,40)28(30,31)32/h2-5,10-13,40H,6-9,14-15H2,1H3. The number of aliphatic hydroxyl groups is 1. The Morgan fingerprint density at radius 1 is 1.05 bits per heavy atom. The number of carbonyl (C=O) groups is 3. The van der Waals surface area contributed by atoms with Crippen molar-refractivity contribution in [2.24, 2.45) is 7.05 Å². The summed E-state index contributed by atoms with van der Waals surface area (Å²) in [7, 11) is 1.78. The van der Waals surface area contributed by atoms with Crippen LogP contribution in [0.15, 0.2) is 48.8 Å². The minimum atomic E-state index is -5.27. The molecule has 3 amide bonds. The maximum absolute atomic E-state index is 14.2. The molecule has 2 aliphatic heterocycles. The van der Waals surface area contributed by atoms with Crippen LogP contribution in [0.5, 0.6) is 0 Å². The van der Waals surface area contributed by atoms with Crippen LogP contribution in [0.4, 0.5) is 22.4 Å². The van der Waals surface area contributed by atoms with Gasteiger partial charge in [0.05, 0.1) is 6.20 Å². The summed E-state index contributed by atoms with van der Waals surface area (Å²) in [6.45, 7) is -1.77. The number of aryl methyl sites for hydroxylation is 3. The first-order valence-electron chi connectivity index (χ1n) is 12.9. The van der Waals surface area contributed by atoms with E-state index in [1.165, 1.54) is 6.07 Å². The number of ether oxygens (including phenoxy) is 1. The predicted octanol–water partition coefficient (Wildman–Crippen LogP) is 3.57. The van der Waals surface area contributed by atoms with Crippen LogP contribution in [0.1, 0.15) is 35.1 Å². The molecule has 3 aromatic rings. The molecule has 1 aromatic heterocycles. The number of carbonyl (C=O) groups excluding carboxylic acids is 3. The highest BCUT2D eigenvalue weighted by Crippen LogP contribution is 2.47. The second-order valence-corrected chi connectivity index (χ2v) is 10.6. The number of halogens is 4. The summed E-state index contributed by atoms with van der Waals surface area (Å²) in [5.41, 5.74) is -2.01. The Hall–Kier alpha value is -4.26. The first-order chi connectivity index (χ1) is 19.3. The molecule has 0 bridgehead atoms. The van der Waals surface area contributed by atoms with Crippen LogP contribution in [0.25, 0.3) is 11.1 Å². The smallest absolute Gasteiger partial charge is 0.427 e. The minimum absolute atomic E-state index is 0.100. The highest BCUT2D eigenvalue weighted by atomic mass is 19.4. The summed E-state index contributed by atoms with van der Waals surface area (Å²) in [5, 5.41) is 14.9. The summed E-state index contributed by atoms with van der Waals surface area (Å²) in [4.78, 5) is 40.6. The first kappa shape index (κ1) is 26.9. The first-order valence-corrected chi connectivity index (χ1v) is 12.9. The highest BCUT2D eigenvalue weighted by Gasteiger charge is 2.62. The summed E-state index contributed by atoms with van der Waals surface area (Å²) in [6.07, 6.45) is -3.75. The van der Waals surface area contributed by atoms with Gasteiger partial charge in [-0.1, -0.05) is 24.3 Å². The van der Waals surface area contributed by atoms with Crippen molar-refractivity contribution in [3.05, 3.63) is 76.9 Å². The van der Waals surface area contributed by atoms with Crippen LogP contribution in [0.2, 0.25) is 0 Å². The molecule has 6 rings (SSSR count). The lowest BCUT2D eigenvalue weighted by Gasteiger charge is -2.40. The molecule has 3 aliphatic rings. The third-order valence-electron chi connectivity index (χ3n) is 8.13. The van der Waals surface area contributed by atoms with E-state index >= 15 is 0 Å². The number of rotatable bonds is 3. The van der Waals surface area contributed by atoms with Gasteiger partial charge in [0.15, 0.2) is 0 Å². The van der Waals surface area contributed by atoms with Gasteiger partial charge < -0.3 is 14.7 Å². The van der Waals surface area contributed by atoms with E-state index in [0.717, 1.165) is 28.8 Å². The average molecular weight is 573 g/mol. The number of hydrogen-bond donors (Lipinski definition) is 1. The van der Waals surface area contributed by atoms with Gasteiger partial charge in [0.1, 0.15) is 12.4 Å². The Kier molecular flexibility index (Phi) is 6.00. The minimum Gasteiger partial charge on any atom is -0.427 e. The molecule has 2 atom stereocenters. The molecule has 2 unspecified atom stereocenters.